The molecule has 1 aliphatic carbocycles. The van der Waals surface area contributed by atoms with Crippen LogP contribution >= 0.6 is 0 Å². The van der Waals surface area contributed by atoms with Gasteiger partial charge >= 0.3 is 0 Å². The Kier molecular flexibility index (Phi) is 2.98. The molecule has 4 heteroatoms. The van der Waals surface area contributed by atoms with E-state index in [2.05, 4.69) is 33.9 Å². The van der Waals surface area contributed by atoms with Crippen LogP contribution in [-0.4, -0.2) is 33.9 Å². The van der Waals surface area contributed by atoms with Gasteiger partial charge < -0.3 is 9.88 Å². The van der Waals surface area contributed by atoms with Gasteiger partial charge in [-0.05, 0) is 43.4 Å². The molecule has 1 amide bonds. The zero-order valence-electron chi connectivity index (χ0n) is 12.4. The highest BCUT2D eigenvalue weighted by Crippen LogP contribution is 2.40. The van der Waals surface area contributed by atoms with Gasteiger partial charge in [-0.2, -0.15) is 0 Å². The van der Waals surface area contributed by atoms with Crippen molar-refractivity contribution in [3.8, 4) is 0 Å². The zero-order chi connectivity index (χ0) is 14.4. The van der Waals surface area contributed by atoms with Gasteiger partial charge in [0.15, 0.2) is 0 Å². The number of carbonyl (C=O) groups excluding carboxylic acids is 1. The van der Waals surface area contributed by atoms with Gasteiger partial charge in [-0.15, -0.1) is 0 Å². The molecule has 1 saturated carbocycles. The summed E-state index contributed by atoms with van der Waals surface area (Å²) in [5, 5.41) is 1.16. The first-order chi connectivity index (χ1) is 10.2. The van der Waals surface area contributed by atoms with Crippen molar-refractivity contribution in [2.24, 2.45) is 11.8 Å². The van der Waals surface area contributed by atoms with Crippen molar-refractivity contribution >= 4 is 16.9 Å². The lowest BCUT2D eigenvalue weighted by atomic mass is 9.94. The number of piperidine rings is 1. The van der Waals surface area contributed by atoms with Gasteiger partial charge in [0.2, 0.25) is 5.91 Å². The van der Waals surface area contributed by atoms with Gasteiger partial charge in [-0.25, -0.2) is 4.98 Å². The predicted octanol–water partition coefficient (Wildman–Crippen LogP) is 2.92. The second kappa shape index (κ2) is 4.86. The summed E-state index contributed by atoms with van der Waals surface area (Å²) in [6.45, 7) is 3.96. The lowest BCUT2D eigenvalue weighted by Gasteiger charge is -2.32. The standard InChI is InChI=1S/C17H21N3O/c1-11-8-14(11)17(21)20-7-3-5-13(10-20)15-9-12-4-2-6-18-16(12)19-15/h2,4,6,9,11,13-14H,3,5,7-8,10H2,1H3,(H,18,19)/t11-,13+,14-/m1/s1. The fraction of sp³-hybridized carbons (Fsp3) is 0.529. The molecule has 3 heterocycles. The normalized spacial score (nSPS) is 28.8. The molecule has 1 saturated heterocycles. The summed E-state index contributed by atoms with van der Waals surface area (Å²) in [5.74, 6) is 1.69. The summed E-state index contributed by atoms with van der Waals surface area (Å²) in [7, 11) is 0. The Balaban J connectivity index is 1.53. The van der Waals surface area contributed by atoms with Crippen LogP contribution in [0.2, 0.25) is 0 Å². The first-order valence-electron chi connectivity index (χ1n) is 7.95. The van der Waals surface area contributed by atoms with E-state index >= 15 is 0 Å². The summed E-state index contributed by atoms with van der Waals surface area (Å²) < 4.78 is 0. The molecule has 3 atom stereocenters. The van der Waals surface area contributed by atoms with Crippen molar-refractivity contribution in [1.82, 2.24) is 14.9 Å². The van der Waals surface area contributed by atoms with E-state index in [-0.39, 0.29) is 0 Å². The molecule has 2 aliphatic rings. The van der Waals surface area contributed by atoms with Crippen LogP contribution in [0.15, 0.2) is 24.4 Å². The van der Waals surface area contributed by atoms with Crippen molar-refractivity contribution < 1.29 is 4.79 Å². The summed E-state index contributed by atoms with van der Waals surface area (Å²) in [4.78, 5) is 22.3. The smallest absolute Gasteiger partial charge is 0.225 e. The van der Waals surface area contributed by atoms with E-state index in [1.807, 2.05) is 12.3 Å². The third-order valence-electron chi connectivity index (χ3n) is 5.01. The highest BCUT2D eigenvalue weighted by Gasteiger charge is 2.42. The number of fused-ring (bicyclic) bond motifs is 1. The average molecular weight is 283 g/mol. The van der Waals surface area contributed by atoms with Crippen LogP contribution in [0.1, 0.15) is 37.8 Å². The Bertz CT molecular complexity index is 644. The van der Waals surface area contributed by atoms with Crippen molar-refractivity contribution in [1.29, 1.82) is 0 Å². The number of H-pyrrole nitrogens is 1. The minimum atomic E-state index is 0.299. The summed E-state index contributed by atoms with van der Waals surface area (Å²) in [6, 6.07) is 6.24. The third-order valence-corrected chi connectivity index (χ3v) is 5.01. The SMILES string of the molecule is C[C@@H]1C[C@H]1C(=O)N1CCC[C@H](c2cc3cccnc3[nH]2)C1. The van der Waals surface area contributed by atoms with Crippen molar-refractivity contribution in [3.05, 3.63) is 30.1 Å². The van der Waals surface area contributed by atoms with E-state index in [4.69, 9.17) is 0 Å². The first-order valence-corrected chi connectivity index (χ1v) is 7.95. The topological polar surface area (TPSA) is 49.0 Å². The van der Waals surface area contributed by atoms with Gasteiger partial charge in [-0.1, -0.05) is 6.92 Å². The van der Waals surface area contributed by atoms with Crippen LogP contribution in [0.5, 0.6) is 0 Å². The van der Waals surface area contributed by atoms with Gasteiger partial charge in [0.05, 0.1) is 0 Å². The molecule has 4 nitrogen and oxygen atoms in total. The first kappa shape index (κ1) is 12.9. The van der Waals surface area contributed by atoms with Crippen molar-refractivity contribution in [3.63, 3.8) is 0 Å². The Morgan fingerprint density at radius 3 is 3.10 bits per heavy atom. The predicted molar refractivity (Wildman–Crippen MR) is 81.9 cm³/mol. The number of aromatic amines is 1. The number of amides is 1. The second-order valence-electron chi connectivity index (χ2n) is 6.61. The lowest BCUT2D eigenvalue weighted by Crippen LogP contribution is -2.40. The monoisotopic (exact) mass is 283 g/mol. The Hall–Kier alpha value is -1.84. The molecule has 1 N–H and O–H groups in total. The van der Waals surface area contributed by atoms with Crippen LogP contribution in [0, 0.1) is 11.8 Å². The molecule has 0 spiro atoms. The Labute approximate surface area is 124 Å². The summed E-state index contributed by atoms with van der Waals surface area (Å²) in [6.07, 6.45) is 5.14. The fourth-order valence-corrected chi connectivity index (χ4v) is 3.53. The van der Waals surface area contributed by atoms with Crippen LogP contribution in [-0.2, 0) is 4.79 Å². The Morgan fingerprint density at radius 1 is 1.48 bits per heavy atom. The number of aromatic nitrogens is 2. The molecule has 0 unspecified atom stereocenters. The van der Waals surface area contributed by atoms with E-state index in [1.165, 1.54) is 5.69 Å². The quantitative estimate of drug-likeness (QED) is 0.921. The maximum Gasteiger partial charge on any atom is 0.225 e. The van der Waals surface area contributed by atoms with E-state index < -0.39 is 0 Å². The minimum Gasteiger partial charge on any atom is -0.343 e. The highest BCUT2D eigenvalue weighted by atomic mass is 16.2. The van der Waals surface area contributed by atoms with Gasteiger partial charge in [0.1, 0.15) is 5.65 Å². The molecule has 4 rings (SSSR count). The largest absolute Gasteiger partial charge is 0.343 e. The number of pyridine rings is 1. The lowest BCUT2D eigenvalue weighted by molar-refractivity contribution is -0.134. The minimum absolute atomic E-state index is 0.299. The van der Waals surface area contributed by atoms with Crippen LogP contribution in [0.3, 0.4) is 0 Å². The summed E-state index contributed by atoms with van der Waals surface area (Å²) >= 11 is 0. The number of nitrogens with zero attached hydrogens (tertiary/aromatic N) is 2. The number of hydrogen-bond acceptors (Lipinski definition) is 2. The van der Waals surface area contributed by atoms with Gasteiger partial charge in [-0.3, -0.25) is 4.79 Å². The van der Waals surface area contributed by atoms with Crippen LogP contribution in [0.25, 0.3) is 11.0 Å². The average Bonchev–Trinajstić information content (AvgIpc) is 3.09. The van der Waals surface area contributed by atoms with Crippen LogP contribution < -0.4 is 0 Å². The van der Waals surface area contributed by atoms with E-state index in [1.54, 1.807) is 0 Å². The molecule has 0 aromatic carbocycles. The molecule has 0 radical (unpaired) electrons. The van der Waals surface area contributed by atoms with Crippen LogP contribution in [0.4, 0.5) is 0 Å². The molecule has 0 bridgehead atoms. The molecule has 2 fully saturated rings. The van der Waals surface area contributed by atoms with Gasteiger partial charge in [0.25, 0.3) is 0 Å². The highest BCUT2D eigenvalue weighted by molar-refractivity contribution is 5.82. The molecule has 1 aliphatic heterocycles. The number of hydrogen-bond donors (Lipinski definition) is 1. The molecule has 21 heavy (non-hydrogen) atoms. The van der Waals surface area contributed by atoms with E-state index in [0.717, 1.165) is 43.4 Å². The fourth-order valence-electron chi connectivity index (χ4n) is 3.53. The zero-order valence-corrected chi connectivity index (χ0v) is 12.4. The molecule has 2 aromatic heterocycles. The maximum atomic E-state index is 12.4. The number of nitrogens with one attached hydrogen (secondary N) is 1. The third kappa shape index (κ3) is 2.33. The van der Waals surface area contributed by atoms with E-state index in [0.29, 0.717) is 23.7 Å². The maximum absolute atomic E-state index is 12.4. The molecular formula is C17H21N3O. The summed E-state index contributed by atoms with van der Waals surface area (Å²) in [5.41, 5.74) is 2.18. The molecule has 110 valence electrons. The number of rotatable bonds is 2. The second-order valence-corrected chi connectivity index (χ2v) is 6.61. The number of likely N-dealkylation sites (tertiary alicyclic amines) is 1. The van der Waals surface area contributed by atoms with Gasteiger partial charge in [0, 0.05) is 42.2 Å². The Morgan fingerprint density at radius 2 is 2.33 bits per heavy atom. The van der Waals surface area contributed by atoms with Crippen molar-refractivity contribution in [2.75, 3.05) is 13.1 Å². The molecule has 2 aromatic rings. The van der Waals surface area contributed by atoms with Crippen molar-refractivity contribution in [2.45, 2.75) is 32.1 Å². The molecular weight excluding hydrogens is 262 g/mol. The van der Waals surface area contributed by atoms with E-state index in [9.17, 15) is 4.79 Å². The number of carbonyl (C=O) groups is 1.